The average Bonchev–Trinajstić information content (AvgIpc) is 2.91. The van der Waals surface area contributed by atoms with Crippen molar-refractivity contribution in [2.75, 3.05) is 6.61 Å². The van der Waals surface area contributed by atoms with Crippen LogP contribution < -0.4 is 4.74 Å². The van der Waals surface area contributed by atoms with Gasteiger partial charge in [0.15, 0.2) is 5.78 Å². The number of aliphatic hydroxyl groups excluding tert-OH is 1. The molecule has 2 atom stereocenters. The molecule has 0 aliphatic carbocycles. The molecule has 0 spiro atoms. The molecule has 200 valence electrons. The minimum atomic E-state index is -0.519. The van der Waals surface area contributed by atoms with Crippen molar-refractivity contribution in [3.8, 4) is 5.75 Å². The number of hydrogen-bond donors (Lipinski definition) is 1. The molecule has 0 aliphatic heterocycles. The van der Waals surface area contributed by atoms with E-state index in [1.54, 1.807) is 6.07 Å². The standard InChI is InChI=1S/C33H50O3/c1-3-5-7-8-9-10-11-12-13-15-21-28(20-6-4-2)26-30(34)27-36-32-25-19-18-24-31(32)33(35)29-22-16-14-17-23-29/h14,16-19,22-25,28,30,34H,3-13,15,20-21,26-27H2,1-2H3. The Morgan fingerprint density at radius 2 is 1.28 bits per heavy atom. The summed E-state index contributed by atoms with van der Waals surface area (Å²) < 4.78 is 5.98. The van der Waals surface area contributed by atoms with Crippen molar-refractivity contribution in [3.63, 3.8) is 0 Å². The summed E-state index contributed by atoms with van der Waals surface area (Å²) in [4.78, 5) is 12.9. The molecule has 3 heteroatoms. The number of rotatable bonds is 21. The predicted octanol–water partition coefficient (Wildman–Crippen LogP) is 9.16. The second-order valence-corrected chi connectivity index (χ2v) is 10.4. The zero-order valence-electron chi connectivity index (χ0n) is 22.9. The Labute approximate surface area is 220 Å². The third-order valence-corrected chi connectivity index (χ3v) is 7.14. The van der Waals surface area contributed by atoms with Crippen LogP contribution in [0.15, 0.2) is 54.6 Å². The van der Waals surface area contributed by atoms with Gasteiger partial charge in [-0.15, -0.1) is 0 Å². The van der Waals surface area contributed by atoms with Crippen LogP contribution in [0, 0.1) is 5.92 Å². The minimum Gasteiger partial charge on any atom is -0.490 e. The molecule has 0 saturated heterocycles. The first-order chi connectivity index (χ1) is 17.7. The van der Waals surface area contributed by atoms with Crippen molar-refractivity contribution in [3.05, 3.63) is 65.7 Å². The number of benzene rings is 2. The highest BCUT2D eigenvalue weighted by Gasteiger charge is 2.18. The normalized spacial score (nSPS) is 12.9. The fourth-order valence-corrected chi connectivity index (χ4v) is 4.96. The maximum absolute atomic E-state index is 12.9. The van der Waals surface area contributed by atoms with Crippen molar-refractivity contribution in [1.82, 2.24) is 0 Å². The van der Waals surface area contributed by atoms with Gasteiger partial charge >= 0.3 is 0 Å². The number of aliphatic hydroxyl groups is 1. The number of hydrogen-bond acceptors (Lipinski definition) is 3. The van der Waals surface area contributed by atoms with Crippen LogP contribution in [0.4, 0.5) is 0 Å². The molecule has 2 unspecified atom stereocenters. The number of carbonyl (C=O) groups is 1. The second kappa shape index (κ2) is 19.0. The van der Waals surface area contributed by atoms with Gasteiger partial charge in [0.2, 0.25) is 0 Å². The zero-order valence-corrected chi connectivity index (χ0v) is 22.9. The van der Waals surface area contributed by atoms with Gasteiger partial charge in [-0.25, -0.2) is 0 Å². The summed E-state index contributed by atoms with van der Waals surface area (Å²) in [6, 6.07) is 16.6. The largest absolute Gasteiger partial charge is 0.490 e. The van der Waals surface area contributed by atoms with Crippen molar-refractivity contribution >= 4 is 5.78 Å². The molecule has 1 N–H and O–H groups in total. The smallest absolute Gasteiger partial charge is 0.196 e. The molecule has 0 amide bonds. The first kappa shape index (κ1) is 30.1. The molecule has 0 aromatic heterocycles. The van der Waals surface area contributed by atoms with Gasteiger partial charge in [-0.3, -0.25) is 4.79 Å². The lowest BCUT2D eigenvalue weighted by molar-refractivity contribution is 0.0797. The van der Waals surface area contributed by atoms with E-state index < -0.39 is 6.10 Å². The van der Waals surface area contributed by atoms with Gasteiger partial charge in [0.05, 0.1) is 11.7 Å². The van der Waals surface area contributed by atoms with Crippen LogP contribution in [0.1, 0.15) is 126 Å². The molecule has 2 rings (SSSR count). The summed E-state index contributed by atoms with van der Waals surface area (Å²) in [6.45, 7) is 4.73. The van der Waals surface area contributed by atoms with Crippen molar-refractivity contribution in [2.45, 2.75) is 116 Å². The van der Waals surface area contributed by atoms with Crippen molar-refractivity contribution in [1.29, 1.82) is 0 Å². The Balaban J connectivity index is 1.74. The van der Waals surface area contributed by atoms with Gasteiger partial charge in [0.1, 0.15) is 12.4 Å². The maximum atomic E-state index is 12.9. The number of carbonyl (C=O) groups excluding carboxylic acids is 1. The Morgan fingerprint density at radius 3 is 1.94 bits per heavy atom. The summed E-state index contributed by atoms with van der Waals surface area (Å²) in [6.07, 6.45) is 18.6. The molecule has 0 heterocycles. The maximum Gasteiger partial charge on any atom is 0.196 e. The molecule has 0 fully saturated rings. The molecule has 0 aliphatic rings. The minimum absolute atomic E-state index is 0.0533. The number of para-hydroxylation sites is 1. The lowest BCUT2D eigenvalue weighted by Gasteiger charge is -2.21. The topological polar surface area (TPSA) is 46.5 Å². The Bertz CT molecular complexity index is 817. The van der Waals surface area contributed by atoms with Gasteiger partial charge < -0.3 is 9.84 Å². The summed E-state index contributed by atoms with van der Waals surface area (Å²) in [7, 11) is 0. The van der Waals surface area contributed by atoms with E-state index in [-0.39, 0.29) is 12.4 Å². The van der Waals surface area contributed by atoms with Crippen molar-refractivity contribution in [2.24, 2.45) is 5.92 Å². The Hall–Kier alpha value is -2.13. The number of ether oxygens (including phenoxy) is 1. The van der Waals surface area contributed by atoms with E-state index in [2.05, 4.69) is 13.8 Å². The van der Waals surface area contributed by atoms with E-state index in [4.69, 9.17) is 4.74 Å². The SMILES string of the molecule is CCCCCCCCCCCCC(CCCC)CC(O)COc1ccccc1C(=O)c1ccccc1. The lowest BCUT2D eigenvalue weighted by Crippen LogP contribution is -2.22. The van der Waals surface area contributed by atoms with E-state index in [1.165, 1.54) is 89.9 Å². The summed E-state index contributed by atoms with van der Waals surface area (Å²) in [5.41, 5.74) is 1.19. The molecular formula is C33H50O3. The van der Waals surface area contributed by atoms with E-state index in [0.717, 1.165) is 6.42 Å². The van der Waals surface area contributed by atoms with Crippen LogP contribution in [0.25, 0.3) is 0 Å². The zero-order chi connectivity index (χ0) is 25.8. The van der Waals surface area contributed by atoms with Crippen LogP contribution >= 0.6 is 0 Å². The monoisotopic (exact) mass is 494 g/mol. The van der Waals surface area contributed by atoms with Gasteiger partial charge in [0, 0.05) is 5.56 Å². The number of ketones is 1. The quantitative estimate of drug-likeness (QED) is 0.139. The fraction of sp³-hybridized carbons (Fsp3) is 0.606. The molecule has 2 aromatic carbocycles. The Kier molecular flexibility index (Phi) is 15.9. The average molecular weight is 495 g/mol. The summed E-state index contributed by atoms with van der Waals surface area (Å²) in [5, 5.41) is 10.8. The summed E-state index contributed by atoms with van der Waals surface area (Å²) in [5.74, 6) is 1.03. The van der Waals surface area contributed by atoms with Crippen LogP contribution in [0.3, 0.4) is 0 Å². The van der Waals surface area contributed by atoms with E-state index in [9.17, 15) is 9.90 Å². The molecule has 0 bridgehead atoms. The fourth-order valence-electron chi connectivity index (χ4n) is 4.96. The van der Waals surface area contributed by atoms with Gasteiger partial charge in [0.25, 0.3) is 0 Å². The highest BCUT2D eigenvalue weighted by Crippen LogP contribution is 2.25. The third kappa shape index (κ3) is 12.2. The molecule has 0 radical (unpaired) electrons. The van der Waals surface area contributed by atoms with Gasteiger partial charge in [-0.2, -0.15) is 0 Å². The van der Waals surface area contributed by atoms with E-state index in [0.29, 0.717) is 22.8 Å². The van der Waals surface area contributed by atoms with E-state index in [1.807, 2.05) is 48.5 Å². The van der Waals surface area contributed by atoms with Crippen LogP contribution in [0.5, 0.6) is 5.75 Å². The van der Waals surface area contributed by atoms with Crippen LogP contribution in [-0.4, -0.2) is 23.6 Å². The van der Waals surface area contributed by atoms with Gasteiger partial charge in [-0.05, 0) is 24.5 Å². The highest BCUT2D eigenvalue weighted by molar-refractivity contribution is 6.10. The first-order valence-corrected chi connectivity index (χ1v) is 14.6. The number of unbranched alkanes of at least 4 members (excludes halogenated alkanes) is 10. The summed E-state index contributed by atoms with van der Waals surface area (Å²) >= 11 is 0. The molecule has 0 saturated carbocycles. The molecular weight excluding hydrogens is 444 g/mol. The van der Waals surface area contributed by atoms with Crippen molar-refractivity contribution < 1.29 is 14.6 Å². The third-order valence-electron chi connectivity index (χ3n) is 7.14. The van der Waals surface area contributed by atoms with Crippen LogP contribution in [0.2, 0.25) is 0 Å². The lowest BCUT2D eigenvalue weighted by atomic mass is 9.90. The molecule has 2 aromatic rings. The first-order valence-electron chi connectivity index (χ1n) is 14.6. The van der Waals surface area contributed by atoms with Gasteiger partial charge in [-0.1, -0.05) is 146 Å². The van der Waals surface area contributed by atoms with E-state index >= 15 is 0 Å². The van der Waals surface area contributed by atoms with Crippen LogP contribution in [-0.2, 0) is 0 Å². The Morgan fingerprint density at radius 1 is 0.722 bits per heavy atom. The predicted molar refractivity (Wildman–Crippen MR) is 152 cm³/mol. The molecule has 3 nitrogen and oxygen atoms in total. The highest BCUT2D eigenvalue weighted by atomic mass is 16.5. The molecule has 36 heavy (non-hydrogen) atoms. The second-order valence-electron chi connectivity index (χ2n) is 10.4.